The fourth-order valence-corrected chi connectivity index (χ4v) is 1.75. The number of nitrogens with one attached hydrogen (secondary N) is 1. The fraction of sp³-hybridized carbons (Fsp3) is 0.235. The molecule has 4 heteroatoms. The van der Waals surface area contributed by atoms with E-state index in [1.807, 2.05) is 25.1 Å². The maximum Gasteiger partial charge on any atom is 0.244 e. The van der Waals surface area contributed by atoms with E-state index in [1.54, 1.807) is 24.5 Å². The van der Waals surface area contributed by atoms with E-state index in [9.17, 15) is 4.79 Å². The molecule has 1 aromatic heterocycles. The lowest BCUT2D eigenvalue weighted by Crippen LogP contribution is -2.26. The normalized spacial score (nSPS) is 10.8. The Hall–Kier alpha value is -2.49. The van der Waals surface area contributed by atoms with E-state index >= 15 is 0 Å². The van der Waals surface area contributed by atoms with Crippen LogP contribution in [0.3, 0.4) is 0 Å². The zero-order valence-electron chi connectivity index (χ0n) is 12.3. The van der Waals surface area contributed by atoms with E-state index in [0.29, 0.717) is 18.9 Å². The molecule has 1 heterocycles. The zero-order chi connectivity index (χ0) is 15.1. The number of aryl methyl sites for hydroxylation is 2. The summed E-state index contributed by atoms with van der Waals surface area (Å²) in [5.74, 6) is 1.30. The summed E-state index contributed by atoms with van der Waals surface area (Å²) >= 11 is 0. The van der Waals surface area contributed by atoms with Crippen LogP contribution in [0.25, 0.3) is 6.08 Å². The molecule has 2 rings (SSSR count). The standard InChI is InChI=1S/C17H19NO3/c1-13-5-6-16(12-14(13)2)21-11-9-18-17(19)8-7-15-4-3-10-20-15/h3-8,10,12H,9,11H2,1-2H3,(H,18,19)/b8-7+. The van der Waals surface area contributed by atoms with Gasteiger partial charge in [-0.05, 0) is 55.3 Å². The third-order valence-corrected chi connectivity index (χ3v) is 3.09. The molecule has 110 valence electrons. The van der Waals surface area contributed by atoms with E-state index in [-0.39, 0.29) is 5.91 Å². The van der Waals surface area contributed by atoms with Crippen molar-refractivity contribution in [1.82, 2.24) is 5.32 Å². The van der Waals surface area contributed by atoms with Crippen molar-refractivity contribution in [2.24, 2.45) is 0 Å². The minimum atomic E-state index is -0.171. The SMILES string of the molecule is Cc1ccc(OCCNC(=O)/C=C/c2ccco2)cc1C. The number of furan rings is 1. The highest BCUT2D eigenvalue weighted by Crippen LogP contribution is 2.15. The zero-order valence-corrected chi connectivity index (χ0v) is 12.3. The lowest BCUT2D eigenvalue weighted by atomic mass is 10.1. The van der Waals surface area contributed by atoms with Crippen molar-refractivity contribution in [3.8, 4) is 5.75 Å². The minimum Gasteiger partial charge on any atom is -0.492 e. The van der Waals surface area contributed by atoms with Gasteiger partial charge >= 0.3 is 0 Å². The van der Waals surface area contributed by atoms with Crippen molar-refractivity contribution in [2.45, 2.75) is 13.8 Å². The monoisotopic (exact) mass is 285 g/mol. The summed E-state index contributed by atoms with van der Waals surface area (Å²) in [6.07, 6.45) is 4.63. The van der Waals surface area contributed by atoms with Gasteiger partial charge < -0.3 is 14.5 Å². The van der Waals surface area contributed by atoms with Crippen LogP contribution >= 0.6 is 0 Å². The molecule has 2 aromatic rings. The van der Waals surface area contributed by atoms with Crippen molar-refractivity contribution in [2.75, 3.05) is 13.2 Å². The summed E-state index contributed by atoms with van der Waals surface area (Å²) < 4.78 is 10.7. The molecule has 21 heavy (non-hydrogen) atoms. The number of ether oxygens (including phenoxy) is 1. The summed E-state index contributed by atoms with van der Waals surface area (Å²) in [7, 11) is 0. The van der Waals surface area contributed by atoms with E-state index in [4.69, 9.17) is 9.15 Å². The van der Waals surface area contributed by atoms with Crippen LogP contribution in [0.2, 0.25) is 0 Å². The van der Waals surface area contributed by atoms with E-state index in [2.05, 4.69) is 12.2 Å². The number of rotatable bonds is 6. The molecule has 0 aliphatic heterocycles. The Morgan fingerprint density at radius 3 is 2.86 bits per heavy atom. The van der Waals surface area contributed by atoms with Crippen LogP contribution in [0.5, 0.6) is 5.75 Å². The van der Waals surface area contributed by atoms with Gasteiger partial charge in [0.25, 0.3) is 0 Å². The van der Waals surface area contributed by atoms with Gasteiger partial charge in [0.05, 0.1) is 12.8 Å². The summed E-state index contributed by atoms with van der Waals surface area (Å²) in [5.41, 5.74) is 2.43. The highest BCUT2D eigenvalue weighted by Gasteiger charge is 1.99. The maximum absolute atomic E-state index is 11.6. The van der Waals surface area contributed by atoms with Crippen molar-refractivity contribution >= 4 is 12.0 Å². The van der Waals surface area contributed by atoms with Crippen molar-refractivity contribution in [1.29, 1.82) is 0 Å². The molecule has 0 unspecified atom stereocenters. The van der Waals surface area contributed by atoms with E-state index in [0.717, 1.165) is 5.75 Å². The average molecular weight is 285 g/mol. The Kier molecular flexibility index (Phi) is 5.21. The van der Waals surface area contributed by atoms with Crippen LogP contribution < -0.4 is 10.1 Å². The first kappa shape index (κ1) is 14.9. The summed E-state index contributed by atoms with van der Waals surface area (Å²) in [6.45, 7) is 4.99. The number of carbonyl (C=O) groups excluding carboxylic acids is 1. The summed E-state index contributed by atoms with van der Waals surface area (Å²) in [4.78, 5) is 11.6. The van der Waals surface area contributed by atoms with Gasteiger partial charge in [0.15, 0.2) is 0 Å². The third kappa shape index (κ3) is 4.84. The Morgan fingerprint density at radius 1 is 1.29 bits per heavy atom. The van der Waals surface area contributed by atoms with Crippen LogP contribution in [0.1, 0.15) is 16.9 Å². The van der Waals surface area contributed by atoms with Crippen LogP contribution in [-0.4, -0.2) is 19.1 Å². The third-order valence-electron chi connectivity index (χ3n) is 3.09. The predicted molar refractivity (Wildman–Crippen MR) is 82.2 cm³/mol. The molecule has 0 spiro atoms. The van der Waals surface area contributed by atoms with Gasteiger partial charge in [-0.2, -0.15) is 0 Å². The number of amides is 1. The molecule has 0 saturated carbocycles. The molecule has 1 amide bonds. The highest BCUT2D eigenvalue weighted by atomic mass is 16.5. The predicted octanol–water partition coefficient (Wildman–Crippen LogP) is 3.10. The molecule has 0 bridgehead atoms. The number of carbonyl (C=O) groups is 1. The molecule has 0 aliphatic carbocycles. The first-order valence-electron chi connectivity index (χ1n) is 6.84. The Balaban J connectivity index is 1.69. The molecular weight excluding hydrogens is 266 g/mol. The van der Waals surface area contributed by atoms with Crippen LogP contribution in [0.15, 0.2) is 47.1 Å². The van der Waals surface area contributed by atoms with E-state index in [1.165, 1.54) is 17.2 Å². The molecule has 0 aliphatic rings. The first-order chi connectivity index (χ1) is 10.1. The second-order valence-electron chi connectivity index (χ2n) is 4.73. The van der Waals surface area contributed by atoms with Crippen molar-refractivity contribution in [3.05, 3.63) is 59.6 Å². The molecule has 0 atom stereocenters. The number of hydrogen-bond donors (Lipinski definition) is 1. The molecule has 0 fully saturated rings. The van der Waals surface area contributed by atoms with Gasteiger partial charge in [-0.15, -0.1) is 0 Å². The van der Waals surface area contributed by atoms with Crippen LogP contribution in [0, 0.1) is 13.8 Å². The summed E-state index contributed by atoms with van der Waals surface area (Å²) in [6, 6.07) is 9.51. The first-order valence-corrected chi connectivity index (χ1v) is 6.84. The van der Waals surface area contributed by atoms with Crippen LogP contribution in [-0.2, 0) is 4.79 Å². The molecule has 0 saturated heterocycles. The van der Waals surface area contributed by atoms with Crippen molar-refractivity contribution in [3.63, 3.8) is 0 Å². The Labute approximate surface area is 124 Å². The molecule has 1 aromatic carbocycles. The molecule has 1 N–H and O–H groups in total. The quantitative estimate of drug-likeness (QED) is 0.655. The van der Waals surface area contributed by atoms with Gasteiger partial charge in [-0.25, -0.2) is 0 Å². The smallest absolute Gasteiger partial charge is 0.244 e. The Morgan fingerprint density at radius 2 is 2.14 bits per heavy atom. The van der Waals surface area contributed by atoms with Crippen molar-refractivity contribution < 1.29 is 13.9 Å². The maximum atomic E-state index is 11.6. The van der Waals surface area contributed by atoms with Crippen LogP contribution in [0.4, 0.5) is 0 Å². The highest BCUT2D eigenvalue weighted by molar-refractivity contribution is 5.91. The van der Waals surface area contributed by atoms with Gasteiger partial charge in [0.1, 0.15) is 18.1 Å². The summed E-state index contributed by atoms with van der Waals surface area (Å²) in [5, 5.41) is 2.75. The Bertz CT molecular complexity index is 615. The lowest BCUT2D eigenvalue weighted by Gasteiger charge is -2.08. The van der Waals surface area contributed by atoms with E-state index < -0.39 is 0 Å². The van der Waals surface area contributed by atoms with Gasteiger partial charge in [-0.3, -0.25) is 4.79 Å². The molecule has 4 nitrogen and oxygen atoms in total. The average Bonchev–Trinajstić information content (AvgIpc) is 2.98. The van der Waals surface area contributed by atoms with Gasteiger partial charge in [0, 0.05) is 6.08 Å². The molecular formula is C17H19NO3. The second-order valence-corrected chi connectivity index (χ2v) is 4.73. The van der Waals surface area contributed by atoms with Gasteiger partial charge in [0.2, 0.25) is 5.91 Å². The lowest BCUT2D eigenvalue weighted by molar-refractivity contribution is -0.116. The second kappa shape index (κ2) is 7.33. The fourth-order valence-electron chi connectivity index (χ4n) is 1.75. The largest absolute Gasteiger partial charge is 0.492 e. The molecule has 0 radical (unpaired) electrons. The number of hydrogen-bond acceptors (Lipinski definition) is 3. The van der Waals surface area contributed by atoms with Gasteiger partial charge in [-0.1, -0.05) is 6.07 Å². The number of benzene rings is 1. The topological polar surface area (TPSA) is 51.5 Å². The minimum absolute atomic E-state index is 0.171.